The minimum atomic E-state index is -0.162. The van der Waals surface area contributed by atoms with E-state index in [0.717, 1.165) is 14.5 Å². The Labute approximate surface area is 89.1 Å². The lowest BCUT2D eigenvalue weighted by Gasteiger charge is -2.03. The van der Waals surface area contributed by atoms with E-state index in [1.54, 1.807) is 13.1 Å². The molecule has 0 radical (unpaired) electrons. The second kappa shape index (κ2) is 3.21. The SMILES string of the molecule is Cc1c(F)cc2cccnc2c1I. The molecule has 1 aromatic carbocycles. The van der Waals surface area contributed by atoms with Crippen molar-refractivity contribution < 1.29 is 4.39 Å². The highest BCUT2D eigenvalue weighted by Gasteiger charge is 2.07. The van der Waals surface area contributed by atoms with Gasteiger partial charge in [0, 0.05) is 20.7 Å². The first-order valence-electron chi connectivity index (χ1n) is 3.89. The average Bonchev–Trinajstić information content (AvgIpc) is 2.15. The van der Waals surface area contributed by atoms with Crippen LogP contribution in [0.25, 0.3) is 10.9 Å². The lowest BCUT2D eigenvalue weighted by molar-refractivity contribution is 0.619. The molecule has 1 aromatic heterocycles. The van der Waals surface area contributed by atoms with E-state index in [1.165, 1.54) is 6.07 Å². The van der Waals surface area contributed by atoms with Gasteiger partial charge < -0.3 is 0 Å². The fraction of sp³-hybridized carbons (Fsp3) is 0.100. The van der Waals surface area contributed by atoms with E-state index >= 15 is 0 Å². The largest absolute Gasteiger partial charge is 0.255 e. The molecule has 0 atom stereocenters. The van der Waals surface area contributed by atoms with Gasteiger partial charge in [-0.15, -0.1) is 0 Å². The molecule has 0 unspecified atom stereocenters. The summed E-state index contributed by atoms with van der Waals surface area (Å²) in [5.74, 6) is -0.162. The molecule has 0 bridgehead atoms. The van der Waals surface area contributed by atoms with Crippen LogP contribution in [0.15, 0.2) is 24.4 Å². The quantitative estimate of drug-likeness (QED) is 0.678. The second-order valence-corrected chi connectivity index (χ2v) is 3.95. The third kappa shape index (κ3) is 1.41. The molecule has 0 aliphatic carbocycles. The number of aromatic nitrogens is 1. The van der Waals surface area contributed by atoms with Crippen LogP contribution < -0.4 is 0 Å². The third-order valence-corrected chi connectivity index (χ3v) is 3.34. The minimum absolute atomic E-state index is 0.162. The number of fused-ring (bicyclic) bond motifs is 1. The van der Waals surface area contributed by atoms with Gasteiger partial charge in [-0.3, -0.25) is 4.98 Å². The molecule has 1 nitrogen and oxygen atoms in total. The van der Waals surface area contributed by atoms with Crippen LogP contribution in [0.1, 0.15) is 5.56 Å². The Hall–Kier alpha value is -0.710. The van der Waals surface area contributed by atoms with Crippen molar-refractivity contribution in [2.24, 2.45) is 0 Å². The molecule has 2 aromatic rings. The van der Waals surface area contributed by atoms with Gasteiger partial charge in [-0.2, -0.15) is 0 Å². The highest BCUT2D eigenvalue weighted by atomic mass is 127. The Morgan fingerprint density at radius 2 is 2.23 bits per heavy atom. The summed E-state index contributed by atoms with van der Waals surface area (Å²) in [5.41, 5.74) is 1.55. The Morgan fingerprint density at radius 3 is 3.00 bits per heavy atom. The van der Waals surface area contributed by atoms with Gasteiger partial charge in [-0.05, 0) is 41.6 Å². The van der Waals surface area contributed by atoms with E-state index in [4.69, 9.17) is 0 Å². The molecule has 0 spiro atoms. The van der Waals surface area contributed by atoms with Gasteiger partial charge >= 0.3 is 0 Å². The summed E-state index contributed by atoms with van der Waals surface area (Å²) < 4.78 is 14.2. The van der Waals surface area contributed by atoms with E-state index in [-0.39, 0.29) is 5.82 Å². The molecule has 0 saturated heterocycles. The molecule has 1 heterocycles. The molecule has 66 valence electrons. The summed E-state index contributed by atoms with van der Waals surface area (Å²) in [5, 5.41) is 0.856. The van der Waals surface area contributed by atoms with E-state index in [2.05, 4.69) is 27.6 Å². The zero-order chi connectivity index (χ0) is 9.42. The first-order valence-corrected chi connectivity index (χ1v) is 4.97. The van der Waals surface area contributed by atoms with Crippen LogP contribution in [0.2, 0.25) is 0 Å². The topological polar surface area (TPSA) is 12.9 Å². The molecule has 0 aliphatic heterocycles. The first-order chi connectivity index (χ1) is 6.20. The van der Waals surface area contributed by atoms with Gasteiger partial charge in [-0.1, -0.05) is 6.07 Å². The standard InChI is InChI=1S/C10H7FIN/c1-6-8(11)5-7-3-2-4-13-10(7)9(6)12/h2-5H,1H3. The molecule has 3 heteroatoms. The van der Waals surface area contributed by atoms with Gasteiger partial charge in [0.15, 0.2) is 0 Å². The lowest BCUT2D eigenvalue weighted by Crippen LogP contribution is -1.90. The zero-order valence-electron chi connectivity index (χ0n) is 7.01. The van der Waals surface area contributed by atoms with E-state index in [1.807, 2.05) is 12.1 Å². The number of hydrogen-bond donors (Lipinski definition) is 0. The van der Waals surface area contributed by atoms with Gasteiger partial charge in [-0.25, -0.2) is 4.39 Å². The summed E-state index contributed by atoms with van der Waals surface area (Å²) in [6.45, 7) is 1.77. The minimum Gasteiger partial charge on any atom is -0.255 e. The summed E-state index contributed by atoms with van der Waals surface area (Å²) in [6, 6.07) is 5.21. The van der Waals surface area contributed by atoms with Crippen LogP contribution in [0.5, 0.6) is 0 Å². The van der Waals surface area contributed by atoms with E-state index in [9.17, 15) is 4.39 Å². The number of benzene rings is 1. The second-order valence-electron chi connectivity index (χ2n) is 2.87. The van der Waals surface area contributed by atoms with Crippen molar-refractivity contribution in [1.82, 2.24) is 4.98 Å². The van der Waals surface area contributed by atoms with Crippen LogP contribution in [0.3, 0.4) is 0 Å². The highest BCUT2D eigenvalue weighted by molar-refractivity contribution is 14.1. The monoisotopic (exact) mass is 287 g/mol. The highest BCUT2D eigenvalue weighted by Crippen LogP contribution is 2.24. The number of halogens is 2. The van der Waals surface area contributed by atoms with E-state index in [0.29, 0.717) is 5.56 Å². The summed E-state index contributed by atoms with van der Waals surface area (Å²) in [7, 11) is 0. The van der Waals surface area contributed by atoms with Crippen LogP contribution in [0, 0.1) is 16.3 Å². The molecule has 0 amide bonds. The van der Waals surface area contributed by atoms with Crippen LogP contribution in [0.4, 0.5) is 4.39 Å². The molecule has 0 aliphatic rings. The zero-order valence-corrected chi connectivity index (χ0v) is 9.17. The van der Waals surface area contributed by atoms with Crippen molar-refractivity contribution in [3.63, 3.8) is 0 Å². The summed E-state index contributed by atoms with van der Waals surface area (Å²) in [4.78, 5) is 4.21. The maximum atomic E-state index is 13.3. The number of nitrogens with zero attached hydrogens (tertiary/aromatic N) is 1. The van der Waals surface area contributed by atoms with Gasteiger partial charge in [0.1, 0.15) is 5.82 Å². The molecule has 13 heavy (non-hydrogen) atoms. The Balaban J connectivity index is 2.94. The first kappa shape index (κ1) is 8.87. The maximum absolute atomic E-state index is 13.3. The maximum Gasteiger partial charge on any atom is 0.127 e. The summed E-state index contributed by atoms with van der Waals surface area (Å²) in [6.07, 6.45) is 1.72. The summed E-state index contributed by atoms with van der Waals surface area (Å²) >= 11 is 2.13. The average molecular weight is 287 g/mol. The van der Waals surface area contributed by atoms with Gasteiger partial charge in [0.25, 0.3) is 0 Å². The van der Waals surface area contributed by atoms with Crippen molar-refractivity contribution in [3.05, 3.63) is 39.3 Å². The smallest absolute Gasteiger partial charge is 0.127 e. The van der Waals surface area contributed by atoms with E-state index < -0.39 is 0 Å². The van der Waals surface area contributed by atoms with Gasteiger partial charge in [0.2, 0.25) is 0 Å². The van der Waals surface area contributed by atoms with Crippen molar-refractivity contribution >= 4 is 33.5 Å². The third-order valence-electron chi connectivity index (χ3n) is 2.02. The van der Waals surface area contributed by atoms with Crippen molar-refractivity contribution in [2.45, 2.75) is 6.92 Å². The fourth-order valence-corrected chi connectivity index (χ4v) is 1.95. The van der Waals surface area contributed by atoms with Crippen LogP contribution in [-0.4, -0.2) is 4.98 Å². The number of hydrogen-bond acceptors (Lipinski definition) is 1. The molecule has 2 rings (SSSR count). The Bertz CT molecular complexity index is 468. The molecular weight excluding hydrogens is 280 g/mol. The normalized spacial score (nSPS) is 10.7. The molecule has 0 fully saturated rings. The van der Waals surface area contributed by atoms with Crippen molar-refractivity contribution in [3.8, 4) is 0 Å². The molecular formula is C10H7FIN. The number of pyridine rings is 1. The van der Waals surface area contributed by atoms with Gasteiger partial charge in [0.05, 0.1) is 5.52 Å². The molecule has 0 N–H and O–H groups in total. The Morgan fingerprint density at radius 1 is 1.46 bits per heavy atom. The predicted molar refractivity (Wildman–Crippen MR) is 59.2 cm³/mol. The van der Waals surface area contributed by atoms with Crippen LogP contribution >= 0.6 is 22.6 Å². The molecule has 0 saturated carbocycles. The lowest BCUT2D eigenvalue weighted by atomic mass is 10.1. The fourth-order valence-electron chi connectivity index (χ4n) is 1.24. The predicted octanol–water partition coefficient (Wildman–Crippen LogP) is 3.29. The Kier molecular flexibility index (Phi) is 2.19. The van der Waals surface area contributed by atoms with Crippen molar-refractivity contribution in [2.75, 3.05) is 0 Å². The number of rotatable bonds is 0. The van der Waals surface area contributed by atoms with Crippen LogP contribution in [-0.2, 0) is 0 Å². The van der Waals surface area contributed by atoms with Crippen molar-refractivity contribution in [1.29, 1.82) is 0 Å².